The molecule has 0 unspecified atom stereocenters. The van der Waals surface area contributed by atoms with Crippen molar-refractivity contribution < 1.29 is 9.90 Å². The van der Waals surface area contributed by atoms with Crippen molar-refractivity contribution in [1.82, 2.24) is 4.90 Å². The third-order valence-corrected chi connectivity index (χ3v) is 2.78. The molecule has 5 heteroatoms. The molecular weight excluding hydrogens is 272 g/mol. The number of hydrogen-bond acceptors (Lipinski definition) is 3. The number of anilines is 1. The maximum atomic E-state index is 12.1. The summed E-state index contributed by atoms with van der Waals surface area (Å²) >= 11 is 3.30. The lowest BCUT2D eigenvalue weighted by Gasteiger charge is -2.20. The number of nitrogens with two attached hydrogens (primary N) is 1. The average Bonchev–Trinajstić information content (AvgIpc) is 2.28. The summed E-state index contributed by atoms with van der Waals surface area (Å²) in [7, 11) is 0. The van der Waals surface area contributed by atoms with E-state index in [-0.39, 0.29) is 12.5 Å². The van der Waals surface area contributed by atoms with E-state index in [1.165, 1.54) is 0 Å². The number of nitrogens with zero attached hydrogens (tertiary/aromatic N) is 1. The lowest BCUT2D eigenvalue weighted by molar-refractivity contribution is 0.0733. The number of carbonyl (C=O) groups is 1. The molecule has 88 valence electrons. The third-order valence-electron chi connectivity index (χ3n) is 2.28. The summed E-state index contributed by atoms with van der Waals surface area (Å²) in [6, 6.07) is 5.16. The van der Waals surface area contributed by atoms with Gasteiger partial charge in [-0.25, -0.2) is 0 Å². The Bertz CT molecular complexity index is 382. The molecule has 1 aromatic carbocycles. The molecule has 0 radical (unpaired) electrons. The van der Waals surface area contributed by atoms with Gasteiger partial charge in [0, 0.05) is 23.2 Å². The molecule has 0 saturated heterocycles. The van der Waals surface area contributed by atoms with Crippen LogP contribution >= 0.6 is 15.9 Å². The van der Waals surface area contributed by atoms with Crippen LogP contribution in [0.3, 0.4) is 0 Å². The maximum Gasteiger partial charge on any atom is 0.256 e. The van der Waals surface area contributed by atoms with Crippen molar-refractivity contribution in [3.8, 4) is 0 Å². The van der Waals surface area contributed by atoms with Crippen molar-refractivity contribution in [1.29, 1.82) is 0 Å². The fourth-order valence-corrected chi connectivity index (χ4v) is 1.77. The van der Waals surface area contributed by atoms with E-state index >= 15 is 0 Å². The van der Waals surface area contributed by atoms with Crippen LogP contribution in [-0.2, 0) is 0 Å². The number of carbonyl (C=O) groups excluding carboxylic acids is 1. The van der Waals surface area contributed by atoms with E-state index in [0.717, 1.165) is 4.47 Å². The second kappa shape index (κ2) is 5.86. The number of halogens is 1. The van der Waals surface area contributed by atoms with E-state index < -0.39 is 0 Å². The highest BCUT2D eigenvalue weighted by molar-refractivity contribution is 9.10. The molecular formula is C11H15BrN2O2. The molecule has 0 bridgehead atoms. The standard InChI is InChI=1S/C11H15BrN2O2/c1-2-14(5-6-15)11(16)9-7-8(12)3-4-10(9)13/h3-4,7,15H,2,5-6,13H2,1H3. The van der Waals surface area contributed by atoms with Gasteiger partial charge in [-0.1, -0.05) is 15.9 Å². The van der Waals surface area contributed by atoms with Crippen LogP contribution < -0.4 is 5.73 Å². The Morgan fingerprint density at radius 1 is 1.56 bits per heavy atom. The van der Waals surface area contributed by atoms with E-state index in [1.54, 1.807) is 23.1 Å². The summed E-state index contributed by atoms with van der Waals surface area (Å²) in [5, 5.41) is 8.85. The number of nitrogen functional groups attached to an aromatic ring is 1. The smallest absolute Gasteiger partial charge is 0.256 e. The van der Waals surface area contributed by atoms with Crippen molar-refractivity contribution in [3.63, 3.8) is 0 Å². The molecule has 0 aliphatic heterocycles. The number of aliphatic hydroxyl groups excluding tert-OH is 1. The molecule has 1 amide bonds. The first-order valence-electron chi connectivity index (χ1n) is 5.05. The molecule has 16 heavy (non-hydrogen) atoms. The zero-order valence-corrected chi connectivity index (χ0v) is 10.7. The molecule has 0 spiro atoms. The fourth-order valence-electron chi connectivity index (χ4n) is 1.41. The van der Waals surface area contributed by atoms with Gasteiger partial charge in [0.1, 0.15) is 0 Å². The molecule has 1 rings (SSSR count). The van der Waals surface area contributed by atoms with Gasteiger partial charge in [-0.15, -0.1) is 0 Å². The minimum atomic E-state index is -0.157. The number of benzene rings is 1. The summed E-state index contributed by atoms with van der Waals surface area (Å²) in [6.45, 7) is 2.68. The Kier molecular flexibility index (Phi) is 4.76. The van der Waals surface area contributed by atoms with Gasteiger partial charge in [-0.3, -0.25) is 4.79 Å². The summed E-state index contributed by atoms with van der Waals surface area (Å²) in [5.74, 6) is -0.157. The van der Waals surface area contributed by atoms with Crippen LogP contribution in [0.1, 0.15) is 17.3 Å². The van der Waals surface area contributed by atoms with Gasteiger partial charge in [-0.2, -0.15) is 0 Å². The monoisotopic (exact) mass is 286 g/mol. The molecule has 0 heterocycles. The fraction of sp³-hybridized carbons (Fsp3) is 0.364. The van der Waals surface area contributed by atoms with Gasteiger partial charge in [0.05, 0.1) is 12.2 Å². The topological polar surface area (TPSA) is 66.6 Å². The summed E-state index contributed by atoms with van der Waals surface area (Å²) in [6.07, 6.45) is 0. The third kappa shape index (κ3) is 2.96. The van der Waals surface area contributed by atoms with Crippen LogP contribution in [0.15, 0.2) is 22.7 Å². The van der Waals surface area contributed by atoms with Gasteiger partial charge < -0.3 is 15.7 Å². The van der Waals surface area contributed by atoms with E-state index in [2.05, 4.69) is 15.9 Å². The normalized spacial score (nSPS) is 10.2. The highest BCUT2D eigenvalue weighted by Gasteiger charge is 2.16. The number of likely N-dealkylation sites (N-methyl/N-ethyl adjacent to an activating group) is 1. The van der Waals surface area contributed by atoms with Crippen LogP contribution in [0.25, 0.3) is 0 Å². The van der Waals surface area contributed by atoms with E-state index in [0.29, 0.717) is 24.3 Å². The summed E-state index contributed by atoms with van der Waals surface area (Å²) in [4.78, 5) is 13.6. The van der Waals surface area contributed by atoms with Gasteiger partial charge in [0.15, 0.2) is 0 Å². The number of amides is 1. The minimum Gasteiger partial charge on any atom is -0.398 e. The lowest BCUT2D eigenvalue weighted by atomic mass is 10.1. The van der Waals surface area contributed by atoms with Crippen molar-refractivity contribution in [3.05, 3.63) is 28.2 Å². The molecule has 4 nitrogen and oxygen atoms in total. The second-order valence-corrected chi connectivity index (χ2v) is 4.26. The lowest BCUT2D eigenvalue weighted by Crippen LogP contribution is -2.33. The Morgan fingerprint density at radius 2 is 2.25 bits per heavy atom. The predicted molar refractivity (Wildman–Crippen MR) is 67.2 cm³/mol. The average molecular weight is 287 g/mol. The minimum absolute atomic E-state index is 0.0481. The molecule has 0 aromatic heterocycles. The molecule has 0 atom stereocenters. The molecule has 0 aliphatic carbocycles. The number of rotatable bonds is 4. The SMILES string of the molecule is CCN(CCO)C(=O)c1cc(Br)ccc1N. The molecule has 0 saturated carbocycles. The first-order valence-corrected chi connectivity index (χ1v) is 5.84. The van der Waals surface area contributed by atoms with E-state index in [1.807, 2.05) is 6.92 Å². The van der Waals surface area contributed by atoms with E-state index in [4.69, 9.17) is 10.8 Å². The van der Waals surface area contributed by atoms with Crippen LogP contribution in [0.5, 0.6) is 0 Å². The quantitative estimate of drug-likeness (QED) is 0.824. The largest absolute Gasteiger partial charge is 0.398 e. The molecule has 1 aromatic rings. The molecule has 0 fully saturated rings. The second-order valence-electron chi connectivity index (χ2n) is 3.34. The number of aliphatic hydroxyl groups is 1. The zero-order valence-electron chi connectivity index (χ0n) is 9.11. The van der Waals surface area contributed by atoms with Crippen molar-refractivity contribution in [2.24, 2.45) is 0 Å². The Labute approximate surface area is 103 Å². The van der Waals surface area contributed by atoms with E-state index in [9.17, 15) is 4.79 Å². The predicted octanol–water partition coefficient (Wildman–Crippen LogP) is 1.49. The van der Waals surface area contributed by atoms with Gasteiger partial charge >= 0.3 is 0 Å². The maximum absolute atomic E-state index is 12.1. The summed E-state index contributed by atoms with van der Waals surface area (Å²) in [5.41, 5.74) is 6.66. The highest BCUT2D eigenvalue weighted by Crippen LogP contribution is 2.19. The molecule has 0 aliphatic rings. The number of hydrogen-bond donors (Lipinski definition) is 2. The van der Waals surface area contributed by atoms with Crippen molar-refractivity contribution in [2.45, 2.75) is 6.92 Å². The van der Waals surface area contributed by atoms with Gasteiger partial charge in [0.2, 0.25) is 0 Å². The highest BCUT2D eigenvalue weighted by atomic mass is 79.9. The van der Waals surface area contributed by atoms with Gasteiger partial charge in [-0.05, 0) is 25.1 Å². The van der Waals surface area contributed by atoms with Crippen LogP contribution in [0.4, 0.5) is 5.69 Å². The Morgan fingerprint density at radius 3 is 2.81 bits per heavy atom. The summed E-state index contributed by atoms with van der Waals surface area (Å²) < 4.78 is 0.810. The first kappa shape index (κ1) is 13.0. The van der Waals surface area contributed by atoms with Crippen LogP contribution in [0, 0.1) is 0 Å². The molecule has 3 N–H and O–H groups in total. The van der Waals surface area contributed by atoms with Crippen LogP contribution in [-0.4, -0.2) is 35.6 Å². The zero-order chi connectivity index (χ0) is 12.1. The van der Waals surface area contributed by atoms with Crippen LogP contribution in [0.2, 0.25) is 0 Å². The Hall–Kier alpha value is -1.07. The van der Waals surface area contributed by atoms with Gasteiger partial charge in [0.25, 0.3) is 5.91 Å². The first-order chi connectivity index (χ1) is 7.60. The Balaban J connectivity index is 2.98. The van der Waals surface area contributed by atoms with Crippen molar-refractivity contribution in [2.75, 3.05) is 25.4 Å². The van der Waals surface area contributed by atoms with Crippen molar-refractivity contribution >= 4 is 27.5 Å².